The Hall–Kier alpha value is -3.47. The largest absolute Gasteiger partial charge is 0.350 e. The Kier molecular flexibility index (Phi) is 5.89. The minimum Gasteiger partial charge on any atom is -0.350 e. The van der Waals surface area contributed by atoms with E-state index in [1.54, 1.807) is 6.20 Å². The predicted octanol–water partition coefficient (Wildman–Crippen LogP) is 4.26. The van der Waals surface area contributed by atoms with E-state index < -0.39 is 0 Å². The summed E-state index contributed by atoms with van der Waals surface area (Å²) in [4.78, 5) is 21.9. The molecule has 152 valence electrons. The lowest BCUT2D eigenvalue weighted by atomic mass is 10.1. The molecule has 4 rings (SSSR count). The third-order valence-electron chi connectivity index (χ3n) is 5.17. The van der Waals surface area contributed by atoms with Crippen molar-refractivity contribution in [3.63, 3.8) is 0 Å². The molecule has 0 unspecified atom stereocenters. The molecule has 5 heteroatoms. The van der Waals surface area contributed by atoms with Gasteiger partial charge in [0.25, 0.3) is 5.91 Å². The first-order valence-corrected chi connectivity index (χ1v) is 10.3. The Morgan fingerprint density at radius 3 is 2.50 bits per heavy atom. The Morgan fingerprint density at radius 1 is 0.967 bits per heavy atom. The molecule has 0 bridgehead atoms. The zero-order valence-electron chi connectivity index (χ0n) is 17.4. The van der Waals surface area contributed by atoms with Crippen LogP contribution >= 0.6 is 0 Å². The number of benzene rings is 2. The van der Waals surface area contributed by atoms with Gasteiger partial charge in [0.1, 0.15) is 11.3 Å². The van der Waals surface area contributed by atoms with Gasteiger partial charge in [0.15, 0.2) is 5.65 Å². The van der Waals surface area contributed by atoms with E-state index >= 15 is 0 Å². The third-order valence-corrected chi connectivity index (χ3v) is 5.17. The van der Waals surface area contributed by atoms with Crippen LogP contribution in [0.1, 0.15) is 32.9 Å². The highest BCUT2D eigenvalue weighted by Crippen LogP contribution is 2.16. The number of fused-ring (bicyclic) bond motifs is 1. The molecular formula is C25H26N4O. The van der Waals surface area contributed by atoms with Crippen LogP contribution in [-0.4, -0.2) is 27.0 Å². The first-order chi connectivity index (χ1) is 14.6. The standard InChI is InChI=1S/C25H26N4O/c1-18-15-19(2)17-21(16-18)25(30)27-13-14-29-23(11-10-20-7-4-3-5-8-20)28-22-9-6-12-26-24(22)29/h3-9,12,15-17H,10-11,13-14H2,1-2H3,(H,27,30). The van der Waals surface area contributed by atoms with Crippen LogP contribution in [0, 0.1) is 13.8 Å². The molecule has 4 aromatic rings. The van der Waals surface area contributed by atoms with Crippen molar-refractivity contribution in [2.75, 3.05) is 6.54 Å². The second-order valence-corrected chi connectivity index (χ2v) is 7.64. The minimum atomic E-state index is -0.0509. The van der Waals surface area contributed by atoms with Gasteiger partial charge in [-0.1, -0.05) is 47.5 Å². The van der Waals surface area contributed by atoms with Crippen molar-refractivity contribution in [1.29, 1.82) is 0 Å². The molecule has 0 aliphatic carbocycles. The number of amides is 1. The number of aryl methyl sites for hydroxylation is 4. The fourth-order valence-electron chi connectivity index (χ4n) is 3.82. The van der Waals surface area contributed by atoms with Crippen LogP contribution in [0.25, 0.3) is 11.2 Å². The Labute approximate surface area is 176 Å². The van der Waals surface area contributed by atoms with Gasteiger partial charge in [0.05, 0.1) is 0 Å². The van der Waals surface area contributed by atoms with Gasteiger partial charge in [-0.2, -0.15) is 0 Å². The van der Waals surface area contributed by atoms with Crippen LogP contribution in [0.5, 0.6) is 0 Å². The van der Waals surface area contributed by atoms with Crippen molar-refractivity contribution in [2.45, 2.75) is 33.2 Å². The maximum atomic E-state index is 12.6. The first kappa shape index (κ1) is 19.8. The summed E-state index contributed by atoms with van der Waals surface area (Å²) in [6.07, 6.45) is 3.53. The molecule has 30 heavy (non-hydrogen) atoms. The molecule has 0 atom stereocenters. The third kappa shape index (κ3) is 4.57. The summed E-state index contributed by atoms with van der Waals surface area (Å²) in [5, 5.41) is 3.04. The second-order valence-electron chi connectivity index (χ2n) is 7.64. The number of imidazole rings is 1. The average Bonchev–Trinajstić information content (AvgIpc) is 3.10. The number of aromatic nitrogens is 3. The quantitative estimate of drug-likeness (QED) is 0.506. The van der Waals surface area contributed by atoms with Crippen molar-refractivity contribution in [2.24, 2.45) is 0 Å². The Bertz CT molecular complexity index is 1140. The van der Waals surface area contributed by atoms with Crippen LogP contribution in [0.2, 0.25) is 0 Å². The SMILES string of the molecule is Cc1cc(C)cc(C(=O)NCCn2c(CCc3ccccc3)nc3cccnc32)c1. The molecule has 2 aromatic heterocycles. The van der Waals surface area contributed by atoms with E-state index in [0.29, 0.717) is 18.7 Å². The van der Waals surface area contributed by atoms with Crippen molar-refractivity contribution >= 4 is 17.1 Å². The maximum Gasteiger partial charge on any atom is 0.251 e. The van der Waals surface area contributed by atoms with Crippen LogP contribution in [-0.2, 0) is 19.4 Å². The smallest absolute Gasteiger partial charge is 0.251 e. The van der Waals surface area contributed by atoms with Crippen LogP contribution in [0.15, 0.2) is 66.9 Å². The van der Waals surface area contributed by atoms with Gasteiger partial charge < -0.3 is 9.88 Å². The highest BCUT2D eigenvalue weighted by molar-refractivity contribution is 5.94. The number of nitrogens with one attached hydrogen (secondary N) is 1. The van der Waals surface area contributed by atoms with Gasteiger partial charge in [-0.3, -0.25) is 4.79 Å². The van der Waals surface area contributed by atoms with Crippen molar-refractivity contribution in [3.8, 4) is 0 Å². The summed E-state index contributed by atoms with van der Waals surface area (Å²) in [7, 11) is 0. The Morgan fingerprint density at radius 2 is 1.73 bits per heavy atom. The molecule has 0 spiro atoms. The topological polar surface area (TPSA) is 59.8 Å². The van der Waals surface area contributed by atoms with Crippen molar-refractivity contribution in [3.05, 3.63) is 94.9 Å². The molecular weight excluding hydrogens is 372 g/mol. The zero-order chi connectivity index (χ0) is 20.9. The Balaban J connectivity index is 1.48. The fraction of sp³-hybridized carbons (Fsp3) is 0.240. The molecule has 2 aromatic carbocycles. The molecule has 0 radical (unpaired) electrons. The number of pyridine rings is 1. The fourth-order valence-corrected chi connectivity index (χ4v) is 3.82. The van der Waals surface area contributed by atoms with E-state index in [0.717, 1.165) is 41.0 Å². The molecule has 2 heterocycles. The normalized spacial score (nSPS) is 11.0. The average molecular weight is 399 g/mol. The lowest BCUT2D eigenvalue weighted by Crippen LogP contribution is -2.28. The van der Waals surface area contributed by atoms with Gasteiger partial charge in [-0.25, -0.2) is 9.97 Å². The van der Waals surface area contributed by atoms with E-state index in [-0.39, 0.29) is 5.91 Å². The van der Waals surface area contributed by atoms with E-state index in [2.05, 4.69) is 45.2 Å². The van der Waals surface area contributed by atoms with Crippen LogP contribution < -0.4 is 5.32 Å². The summed E-state index contributed by atoms with van der Waals surface area (Å²) in [6, 6.07) is 20.2. The molecule has 0 fully saturated rings. The zero-order valence-corrected chi connectivity index (χ0v) is 17.4. The monoisotopic (exact) mass is 398 g/mol. The van der Waals surface area contributed by atoms with E-state index in [4.69, 9.17) is 4.98 Å². The molecule has 0 aliphatic heterocycles. The number of rotatable bonds is 7. The van der Waals surface area contributed by atoms with Crippen LogP contribution in [0.4, 0.5) is 0 Å². The molecule has 5 nitrogen and oxygen atoms in total. The number of carbonyl (C=O) groups excluding carboxylic acids is 1. The van der Waals surface area contributed by atoms with Crippen molar-refractivity contribution < 1.29 is 4.79 Å². The number of hydrogen-bond acceptors (Lipinski definition) is 3. The van der Waals surface area contributed by atoms with Crippen LogP contribution in [0.3, 0.4) is 0 Å². The molecule has 1 amide bonds. The van der Waals surface area contributed by atoms with Gasteiger partial charge in [-0.05, 0) is 50.1 Å². The number of carbonyl (C=O) groups is 1. The molecule has 0 aliphatic rings. The lowest BCUT2D eigenvalue weighted by molar-refractivity contribution is 0.0952. The molecule has 0 saturated carbocycles. The highest BCUT2D eigenvalue weighted by atomic mass is 16.1. The van der Waals surface area contributed by atoms with Gasteiger partial charge in [0, 0.05) is 31.3 Å². The second kappa shape index (κ2) is 8.91. The summed E-state index contributed by atoms with van der Waals surface area (Å²) >= 11 is 0. The number of hydrogen-bond donors (Lipinski definition) is 1. The summed E-state index contributed by atoms with van der Waals surface area (Å²) in [5.74, 6) is 0.943. The number of nitrogens with zero attached hydrogens (tertiary/aromatic N) is 3. The van der Waals surface area contributed by atoms with Gasteiger partial charge in [-0.15, -0.1) is 0 Å². The van der Waals surface area contributed by atoms with Gasteiger partial charge in [0.2, 0.25) is 0 Å². The predicted molar refractivity (Wildman–Crippen MR) is 120 cm³/mol. The summed E-state index contributed by atoms with van der Waals surface area (Å²) in [6.45, 7) is 5.17. The van der Waals surface area contributed by atoms with E-state index in [1.165, 1.54) is 5.56 Å². The van der Waals surface area contributed by atoms with Crippen molar-refractivity contribution in [1.82, 2.24) is 19.9 Å². The lowest BCUT2D eigenvalue weighted by Gasteiger charge is -2.11. The molecule has 0 saturated heterocycles. The summed E-state index contributed by atoms with van der Waals surface area (Å²) in [5.41, 5.74) is 5.92. The minimum absolute atomic E-state index is 0.0509. The maximum absolute atomic E-state index is 12.6. The summed E-state index contributed by atoms with van der Waals surface area (Å²) < 4.78 is 2.13. The molecule has 1 N–H and O–H groups in total. The highest BCUT2D eigenvalue weighted by Gasteiger charge is 2.13. The van der Waals surface area contributed by atoms with E-state index in [1.807, 2.05) is 44.2 Å². The van der Waals surface area contributed by atoms with Gasteiger partial charge >= 0.3 is 0 Å². The first-order valence-electron chi connectivity index (χ1n) is 10.3. The van der Waals surface area contributed by atoms with E-state index in [9.17, 15) is 4.79 Å².